The number of hydrogen-bond acceptors (Lipinski definition) is 3. The van der Waals surface area contributed by atoms with Crippen LogP contribution in [0.15, 0.2) is 18.3 Å². The zero-order valence-electron chi connectivity index (χ0n) is 7.70. The zero-order chi connectivity index (χ0) is 10.1. The average Bonchev–Trinajstić information content (AvgIpc) is 2.67. The summed E-state index contributed by atoms with van der Waals surface area (Å²) in [6.07, 6.45) is 1.67. The lowest BCUT2D eigenvalue weighted by Crippen LogP contribution is -2.02. The lowest BCUT2D eigenvalue weighted by molar-refractivity contribution is 0.673. The summed E-state index contributed by atoms with van der Waals surface area (Å²) in [7, 11) is 0. The minimum atomic E-state index is 0.729. The summed E-state index contributed by atoms with van der Waals surface area (Å²) in [5, 5.41) is 4.18. The molecule has 0 fully saturated rings. The number of nitrogen functional groups attached to an aromatic ring is 1. The maximum Gasteiger partial charge on any atom is 0.0931 e. The fourth-order valence-corrected chi connectivity index (χ4v) is 2.27. The molecular formula is C9H10ClN3S. The fraction of sp³-hybridized carbons (Fsp3) is 0.222. The molecule has 0 bridgehead atoms. The van der Waals surface area contributed by atoms with Gasteiger partial charge in [-0.25, -0.2) is 0 Å². The Morgan fingerprint density at radius 2 is 2.36 bits per heavy atom. The van der Waals surface area contributed by atoms with Crippen LogP contribution < -0.4 is 5.73 Å². The van der Waals surface area contributed by atoms with Crippen molar-refractivity contribution in [2.75, 3.05) is 5.73 Å². The summed E-state index contributed by atoms with van der Waals surface area (Å²) in [6, 6.07) is 3.90. The molecule has 2 rings (SSSR count). The fourth-order valence-electron chi connectivity index (χ4n) is 1.20. The highest BCUT2D eigenvalue weighted by Gasteiger charge is 2.04. The van der Waals surface area contributed by atoms with Crippen molar-refractivity contribution >= 4 is 28.6 Å². The molecule has 0 aliphatic heterocycles. The van der Waals surface area contributed by atoms with Crippen LogP contribution in [0.3, 0.4) is 0 Å². The van der Waals surface area contributed by atoms with Crippen LogP contribution in [-0.2, 0) is 6.54 Å². The van der Waals surface area contributed by atoms with E-state index < -0.39 is 0 Å². The molecule has 2 heterocycles. The maximum absolute atomic E-state index is 5.84. The molecule has 14 heavy (non-hydrogen) atoms. The van der Waals surface area contributed by atoms with E-state index in [2.05, 4.69) is 5.10 Å². The van der Waals surface area contributed by atoms with Gasteiger partial charge in [-0.2, -0.15) is 5.10 Å². The predicted molar refractivity (Wildman–Crippen MR) is 59.8 cm³/mol. The second-order valence-electron chi connectivity index (χ2n) is 3.05. The van der Waals surface area contributed by atoms with Crippen molar-refractivity contribution < 1.29 is 0 Å². The summed E-state index contributed by atoms with van der Waals surface area (Å²) < 4.78 is 2.68. The van der Waals surface area contributed by atoms with Gasteiger partial charge in [-0.1, -0.05) is 11.6 Å². The van der Waals surface area contributed by atoms with E-state index in [-0.39, 0.29) is 0 Å². The van der Waals surface area contributed by atoms with Crippen LogP contribution in [0.5, 0.6) is 0 Å². The highest BCUT2D eigenvalue weighted by Crippen LogP contribution is 2.22. The molecule has 0 radical (unpaired) electrons. The number of hydrogen-bond donors (Lipinski definition) is 1. The van der Waals surface area contributed by atoms with Gasteiger partial charge in [0.1, 0.15) is 0 Å². The van der Waals surface area contributed by atoms with E-state index in [1.165, 1.54) is 4.88 Å². The van der Waals surface area contributed by atoms with Gasteiger partial charge in [0.15, 0.2) is 0 Å². The molecule has 2 aromatic heterocycles. The highest BCUT2D eigenvalue weighted by atomic mass is 35.5. The van der Waals surface area contributed by atoms with Crippen LogP contribution in [-0.4, -0.2) is 9.78 Å². The Hall–Kier alpha value is -1.000. The van der Waals surface area contributed by atoms with Crippen LogP contribution in [0, 0.1) is 6.92 Å². The molecule has 0 atom stereocenters. The van der Waals surface area contributed by atoms with Gasteiger partial charge >= 0.3 is 0 Å². The van der Waals surface area contributed by atoms with Crippen LogP contribution in [0.4, 0.5) is 5.69 Å². The standard InChI is InChI=1S/C9H10ClN3S/c1-6-8(11)4-12-13(6)5-7-2-3-9(10)14-7/h2-4H,5,11H2,1H3. The normalized spacial score (nSPS) is 10.7. The zero-order valence-corrected chi connectivity index (χ0v) is 9.27. The van der Waals surface area contributed by atoms with Gasteiger partial charge < -0.3 is 5.73 Å². The molecule has 0 aliphatic rings. The molecule has 0 aromatic carbocycles. The minimum absolute atomic E-state index is 0.729. The van der Waals surface area contributed by atoms with Crippen LogP contribution in [0.1, 0.15) is 10.6 Å². The first-order valence-electron chi connectivity index (χ1n) is 4.19. The number of nitrogens with zero attached hydrogens (tertiary/aromatic N) is 2. The van der Waals surface area contributed by atoms with Crippen molar-refractivity contribution in [2.24, 2.45) is 0 Å². The Balaban J connectivity index is 2.22. The molecule has 74 valence electrons. The highest BCUT2D eigenvalue weighted by molar-refractivity contribution is 7.16. The third kappa shape index (κ3) is 1.76. The summed E-state index contributed by atoms with van der Waals surface area (Å²) in [4.78, 5) is 1.18. The number of halogens is 1. The van der Waals surface area contributed by atoms with E-state index in [9.17, 15) is 0 Å². The third-order valence-corrected chi connectivity index (χ3v) is 3.29. The molecule has 0 amide bonds. The Bertz CT molecular complexity index is 447. The molecule has 5 heteroatoms. The van der Waals surface area contributed by atoms with E-state index in [4.69, 9.17) is 17.3 Å². The predicted octanol–water partition coefficient (Wildman–Crippen LogP) is 2.54. The molecule has 0 saturated carbocycles. The first-order valence-corrected chi connectivity index (χ1v) is 5.38. The molecule has 0 unspecified atom stereocenters. The molecular weight excluding hydrogens is 218 g/mol. The van der Waals surface area contributed by atoms with Crippen molar-refractivity contribution in [1.29, 1.82) is 0 Å². The number of anilines is 1. The van der Waals surface area contributed by atoms with Crippen molar-refractivity contribution in [2.45, 2.75) is 13.5 Å². The Morgan fingerprint density at radius 3 is 2.86 bits per heavy atom. The van der Waals surface area contributed by atoms with Gasteiger partial charge in [-0.15, -0.1) is 11.3 Å². The van der Waals surface area contributed by atoms with Gasteiger partial charge in [0.2, 0.25) is 0 Å². The van der Waals surface area contributed by atoms with E-state index in [0.717, 1.165) is 22.3 Å². The Morgan fingerprint density at radius 1 is 1.57 bits per heavy atom. The molecule has 0 saturated heterocycles. The smallest absolute Gasteiger partial charge is 0.0931 e. The van der Waals surface area contributed by atoms with Crippen molar-refractivity contribution in [1.82, 2.24) is 9.78 Å². The molecule has 2 aromatic rings. The van der Waals surface area contributed by atoms with Crippen molar-refractivity contribution in [3.05, 3.63) is 33.2 Å². The van der Waals surface area contributed by atoms with E-state index in [1.807, 2.05) is 23.7 Å². The lowest BCUT2D eigenvalue weighted by atomic mass is 10.4. The van der Waals surface area contributed by atoms with Gasteiger partial charge in [0.05, 0.1) is 28.5 Å². The quantitative estimate of drug-likeness (QED) is 0.857. The Labute approximate surface area is 91.1 Å². The average molecular weight is 228 g/mol. The second kappa shape index (κ2) is 3.63. The maximum atomic E-state index is 5.84. The van der Waals surface area contributed by atoms with Crippen molar-refractivity contribution in [3.63, 3.8) is 0 Å². The SMILES string of the molecule is Cc1c(N)cnn1Cc1ccc(Cl)s1. The number of nitrogens with two attached hydrogens (primary N) is 1. The van der Waals surface area contributed by atoms with Gasteiger partial charge in [0, 0.05) is 4.88 Å². The minimum Gasteiger partial charge on any atom is -0.396 e. The summed E-state index contributed by atoms with van der Waals surface area (Å²) >= 11 is 7.40. The Kier molecular flexibility index (Phi) is 2.48. The van der Waals surface area contributed by atoms with E-state index in [1.54, 1.807) is 17.5 Å². The summed E-state index contributed by atoms with van der Waals surface area (Å²) in [5.74, 6) is 0. The second-order valence-corrected chi connectivity index (χ2v) is 4.85. The lowest BCUT2D eigenvalue weighted by Gasteiger charge is -2.01. The summed E-state index contributed by atoms with van der Waals surface area (Å²) in [5.41, 5.74) is 7.42. The molecule has 2 N–H and O–H groups in total. The topological polar surface area (TPSA) is 43.8 Å². The van der Waals surface area contributed by atoms with Crippen LogP contribution >= 0.6 is 22.9 Å². The van der Waals surface area contributed by atoms with Crippen molar-refractivity contribution in [3.8, 4) is 0 Å². The van der Waals surface area contributed by atoms with Crippen LogP contribution in [0.25, 0.3) is 0 Å². The number of thiophene rings is 1. The molecule has 0 spiro atoms. The summed E-state index contributed by atoms with van der Waals surface area (Å²) in [6.45, 7) is 2.69. The van der Waals surface area contributed by atoms with Gasteiger partial charge in [-0.05, 0) is 19.1 Å². The van der Waals surface area contributed by atoms with E-state index >= 15 is 0 Å². The van der Waals surface area contributed by atoms with E-state index in [0.29, 0.717) is 0 Å². The van der Waals surface area contributed by atoms with Gasteiger partial charge in [0.25, 0.3) is 0 Å². The van der Waals surface area contributed by atoms with Gasteiger partial charge in [-0.3, -0.25) is 4.68 Å². The number of rotatable bonds is 2. The third-order valence-electron chi connectivity index (χ3n) is 2.08. The first-order chi connectivity index (χ1) is 6.66. The first kappa shape index (κ1) is 9.55. The largest absolute Gasteiger partial charge is 0.396 e. The monoisotopic (exact) mass is 227 g/mol. The van der Waals surface area contributed by atoms with Crippen LogP contribution in [0.2, 0.25) is 4.34 Å². The molecule has 0 aliphatic carbocycles. The number of aromatic nitrogens is 2. The molecule has 3 nitrogen and oxygen atoms in total.